The number of rotatable bonds is 4. The molecule has 1 unspecified atom stereocenters. The van der Waals surface area contributed by atoms with Crippen LogP contribution in [0.5, 0.6) is 0 Å². The lowest BCUT2D eigenvalue weighted by Gasteiger charge is -2.13. The van der Waals surface area contributed by atoms with Crippen molar-refractivity contribution in [2.45, 2.75) is 32.1 Å². The molecule has 0 radical (unpaired) electrons. The normalized spacial score (nSPS) is 19.8. The van der Waals surface area contributed by atoms with Crippen LogP contribution in [0.2, 0.25) is 0 Å². The van der Waals surface area contributed by atoms with Crippen LogP contribution in [-0.2, 0) is 16.3 Å². The molecule has 1 aromatic carbocycles. The van der Waals surface area contributed by atoms with Gasteiger partial charge in [0, 0.05) is 23.5 Å². The number of hydrogen-bond acceptors (Lipinski definition) is 3. The Hall–Kier alpha value is -1.16. The first kappa shape index (κ1) is 14.3. The van der Waals surface area contributed by atoms with Gasteiger partial charge in [0.25, 0.3) is 0 Å². The maximum absolute atomic E-state index is 12.4. The van der Waals surface area contributed by atoms with Crippen molar-refractivity contribution in [1.82, 2.24) is 0 Å². The van der Waals surface area contributed by atoms with Crippen LogP contribution in [0.15, 0.2) is 24.3 Å². The summed E-state index contributed by atoms with van der Waals surface area (Å²) in [7, 11) is -2.92. The second-order valence-corrected chi connectivity index (χ2v) is 7.64. The van der Waals surface area contributed by atoms with Crippen LogP contribution in [0.4, 0.5) is 0 Å². The Morgan fingerprint density at radius 2 is 2.00 bits per heavy atom. The number of carbonyl (C=O) groups excluding carboxylic acids is 1. The summed E-state index contributed by atoms with van der Waals surface area (Å²) in [5.74, 6) is 0.366. The van der Waals surface area contributed by atoms with E-state index in [1.54, 1.807) is 0 Å². The van der Waals surface area contributed by atoms with E-state index in [2.05, 4.69) is 0 Å². The van der Waals surface area contributed by atoms with Crippen LogP contribution in [-0.4, -0.2) is 26.2 Å². The molecule has 1 atom stereocenters. The molecule has 1 aromatic rings. The number of carbonyl (C=O) groups is 1. The van der Waals surface area contributed by atoms with Crippen LogP contribution in [0, 0.1) is 5.92 Å². The third kappa shape index (κ3) is 3.90. The van der Waals surface area contributed by atoms with E-state index >= 15 is 0 Å². The fraction of sp³-hybridized carbons (Fsp3) is 0.533. The summed E-state index contributed by atoms with van der Waals surface area (Å²) in [5, 5.41) is 0. The second kappa shape index (κ2) is 5.87. The lowest BCUT2D eigenvalue weighted by molar-refractivity contribution is 0.0908. The first-order valence-corrected chi connectivity index (χ1v) is 8.83. The van der Waals surface area contributed by atoms with E-state index in [9.17, 15) is 13.2 Å². The van der Waals surface area contributed by atoms with Gasteiger partial charge in [-0.05, 0) is 37.7 Å². The lowest BCUT2D eigenvalue weighted by atomic mass is 9.91. The van der Waals surface area contributed by atoms with Crippen LogP contribution < -0.4 is 0 Å². The van der Waals surface area contributed by atoms with E-state index < -0.39 is 9.84 Å². The van der Waals surface area contributed by atoms with Gasteiger partial charge in [-0.3, -0.25) is 4.79 Å². The average Bonchev–Trinajstić information content (AvgIpc) is 2.49. The van der Waals surface area contributed by atoms with Crippen molar-refractivity contribution >= 4 is 15.6 Å². The molecule has 0 N–H and O–H groups in total. The van der Waals surface area contributed by atoms with Gasteiger partial charge in [-0.2, -0.15) is 0 Å². The Morgan fingerprint density at radius 3 is 2.74 bits per heavy atom. The summed E-state index contributed by atoms with van der Waals surface area (Å²) in [5.41, 5.74) is 1.97. The first-order chi connectivity index (χ1) is 8.97. The smallest absolute Gasteiger partial charge is 0.166 e. The molecule has 0 spiro atoms. The summed E-state index contributed by atoms with van der Waals surface area (Å²) in [6.45, 7) is 0. The van der Waals surface area contributed by atoms with Gasteiger partial charge in [0.05, 0.1) is 0 Å². The molecular formula is C15H20O3S. The SMILES string of the molecule is CS(=O)(=O)CCCC1CCCc2ccccc2C1=O. The van der Waals surface area contributed by atoms with Crippen molar-refractivity contribution in [2.75, 3.05) is 12.0 Å². The van der Waals surface area contributed by atoms with Crippen LogP contribution in [0.3, 0.4) is 0 Å². The number of aryl methyl sites for hydroxylation is 1. The van der Waals surface area contributed by atoms with E-state index in [1.165, 1.54) is 6.26 Å². The molecule has 4 heteroatoms. The van der Waals surface area contributed by atoms with Crippen molar-refractivity contribution < 1.29 is 13.2 Å². The topological polar surface area (TPSA) is 51.2 Å². The molecule has 0 saturated carbocycles. The second-order valence-electron chi connectivity index (χ2n) is 5.38. The Morgan fingerprint density at radius 1 is 1.26 bits per heavy atom. The van der Waals surface area contributed by atoms with Crippen molar-refractivity contribution in [3.8, 4) is 0 Å². The minimum absolute atomic E-state index is 0.00889. The Balaban J connectivity index is 2.05. The maximum Gasteiger partial charge on any atom is 0.166 e. The Bertz CT molecular complexity index is 561. The lowest BCUT2D eigenvalue weighted by Crippen LogP contribution is -2.15. The number of Topliss-reactive ketones (excluding diaryl/α,β-unsaturated/α-hetero) is 1. The molecule has 2 rings (SSSR count). The molecule has 0 amide bonds. The zero-order valence-corrected chi connectivity index (χ0v) is 12.1. The largest absolute Gasteiger partial charge is 0.294 e. The standard InChI is InChI=1S/C15H20O3S/c1-19(17,18)11-5-9-13-8-4-7-12-6-2-3-10-14(12)15(13)16/h2-3,6,10,13H,4-5,7-9,11H2,1H3. The van der Waals surface area contributed by atoms with E-state index in [1.807, 2.05) is 24.3 Å². The van der Waals surface area contributed by atoms with Gasteiger partial charge in [-0.15, -0.1) is 0 Å². The predicted molar refractivity (Wildman–Crippen MR) is 76.1 cm³/mol. The van der Waals surface area contributed by atoms with Crippen molar-refractivity contribution in [3.05, 3.63) is 35.4 Å². The van der Waals surface area contributed by atoms with Crippen molar-refractivity contribution in [2.24, 2.45) is 5.92 Å². The van der Waals surface area contributed by atoms with Gasteiger partial charge in [-0.25, -0.2) is 8.42 Å². The number of ketones is 1. The molecule has 104 valence electrons. The van der Waals surface area contributed by atoms with E-state index in [0.717, 1.165) is 30.4 Å². The fourth-order valence-electron chi connectivity index (χ4n) is 2.74. The number of sulfone groups is 1. The zero-order valence-electron chi connectivity index (χ0n) is 11.3. The first-order valence-electron chi connectivity index (χ1n) is 6.77. The highest BCUT2D eigenvalue weighted by Crippen LogP contribution is 2.27. The molecule has 0 heterocycles. The molecule has 19 heavy (non-hydrogen) atoms. The zero-order chi connectivity index (χ0) is 13.9. The summed E-state index contributed by atoms with van der Waals surface area (Å²) in [6, 6.07) is 7.78. The quantitative estimate of drug-likeness (QED) is 0.797. The highest BCUT2D eigenvalue weighted by atomic mass is 32.2. The van der Waals surface area contributed by atoms with Gasteiger partial charge in [0.1, 0.15) is 9.84 Å². The summed E-state index contributed by atoms with van der Waals surface area (Å²) in [6.07, 6.45) is 5.34. The monoisotopic (exact) mass is 280 g/mol. The fourth-order valence-corrected chi connectivity index (χ4v) is 3.43. The maximum atomic E-state index is 12.4. The third-order valence-corrected chi connectivity index (χ3v) is 4.75. The minimum atomic E-state index is -2.92. The van der Waals surface area contributed by atoms with Gasteiger partial charge >= 0.3 is 0 Å². The molecule has 0 fully saturated rings. The van der Waals surface area contributed by atoms with E-state index in [0.29, 0.717) is 12.8 Å². The van der Waals surface area contributed by atoms with Gasteiger partial charge in [0.15, 0.2) is 5.78 Å². The Labute approximate surface area is 114 Å². The molecular weight excluding hydrogens is 260 g/mol. The molecule has 1 aliphatic carbocycles. The number of fused-ring (bicyclic) bond motifs is 1. The highest BCUT2D eigenvalue weighted by Gasteiger charge is 2.24. The molecule has 0 aliphatic heterocycles. The van der Waals surface area contributed by atoms with Crippen molar-refractivity contribution in [1.29, 1.82) is 0 Å². The average molecular weight is 280 g/mol. The summed E-state index contributed by atoms with van der Waals surface area (Å²) < 4.78 is 22.3. The molecule has 3 nitrogen and oxygen atoms in total. The molecule has 0 aromatic heterocycles. The summed E-state index contributed by atoms with van der Waals surface area (Å²) >= 11 is 0. The number of hydrogen-bond donors (Lipinski definition) is 0. The third-order valence-electron chi connectivity index (χ3n) is 3.72. The van der Waals surface area contributed by atoms with E-state index in [4.69, 9.17) is 0 Å². The predicted octanol–water partition coefficient (Wildman–Crippen LogP) is 2.65. The van der Waals surface area contributed by atoms with Gasteiger partial charge in [-0.1, -0.05) is 24.3 Å². The van der Waals surface area contributed by atoms with E-state index in [-0.39, 0.29) is 17.5 Å². The van der Waals surface area contributed by atoms with Crippen LogP contribution in [0.25, 0.3) is 0 Å². The number of benzene rings is 1. The van der Waals surface area contributed by atoms with Crippen LogP contribution >= 0.6 is 0 Å². The van der Waals surface area contributed by atoms with Gasteiger partial charge in [0.2, 0.25) is 0 Å². The summed E-state index contributed by atoms with van der Waals surface area (Å²) in [4.78, 5) is 12.4. The van der Waals surface area contributed by atoms with Gasteiger partial charge < -0.3 is 0 Å². The molecule has 1 aliphatic rings. The minimum Gasteiger partial charge on any atom is -0.294 e. The van der Waals surface area contributed by atoms with Crippen molar-refractivity contribution in [3.63, 3.8) is 0 Å². The highest BCUT2D eigenvalue weighted by molar-refractivity contribution is 7.90. The van der Waals surface area contributed by atoms with Crippen LogP contribution in [0.1, 0.15) is 41.6 Å². The molecule has 0 bridgehead atoms. The molecule has 0 saturated heterocycles. The Kier molecular flexibility index (Phi) is 4.40.